The molecular weight excluding hydrogens is 283 g/mol. The van der Waals surface area contributed by atoms with Crippen LogP contribution in [0.3, 0.4) is 0 Å². The van der Waals surface area contributed by atoms with Gasteiger partial charge in [-0.05, 0) is 37.6 Å². The predicted octanol–water partition coefficient (Wildman–Crippen LogP) is 2.90. The number of amides is 1. The summed E-state index contributed by atoms with van der Waals surface area (Å²) in [6.07, 6.45) is 2.31. The monoisotopic (exact) mass is 302 g/mol. The molecule has 0 aliphatic rings. The van der Waals surface area contributed by atoms with E-state index in [1.165, 1.54) is 19.2 Å². The lowest BCUT2D eigenvalue weighted by molar-refractivity contribution is 0.0935. The zero-order valence-corrected chi connectivity index (χ0v) is 12.9. The van der Waals surface area contributed by atoms with Crippen LogP contribution in [-0.2, 0) is 6.42 Å². The minimum absolute atomic E-state index is 0.0241. The topological polar surface area (TPSA) is 51.2 Å². The normalized spacial score (nSPS) is 11.8. The Hall–Kier alpha value is -2.43. The number of aromatic nitrogens is 1. The first-order valence-corrected chi connectivity index (χ1v) is 7.06. The summed E-state index contributed by atoms with van der Waals surface area (Å²) in [4.78, 5) is 16.5. The summed E-state index contributed by atoms with van der Waals surface area (Å²) in [6.45, 7) is 3.84. The molecule has 1 heterocycles. The average Bonchev–Trinajstić information content (AvgIpc) is 2.49. The Morgan fingerprint density at radius 2 is 2.14 bits per heavy atom. The van der Waals surface area contributed by atoms with Gasteiger partial charge in [0.1, 0.15) is 0 Å². The predicted molar refractivity (Wildman–Crippen MR) is 82.6 cm³/mol. The highest BCUT2D eigenvalue weighted by atomic mass is 19.1. The maximum Gasteiger partial charge on any atom is 0.254 e. The molecule has 1 unspecified atom stereocenters. The number of hydrogen-bond donors (Lipinski definition) is 1. The third kappa shape index (κ3) is 3.61. The van der Waals surface area contributed by atoms with Gasteiger partial charge in [-0.1, -0.05) is 12.1 Å². The molecule has 1 atom stereocenters. The van der Waals surface area contributed by atoms with E-state index in [1.807, 2.05) is 26.0 Å². The Kier molecular flexibility index (Phi) is 5.09. The van der Waals surface area contributed by atoms with Crippen LogP contribution in [0, 0.1) is 12.7 Å². The molecular formula is C17H19FN2O2. The lowest BCUT2D eigenvalue weighted by Gasteiger charge is -2.15. The van der Waals surface area contributed by atoms with Crippen molar-refractivity contribution in [3.63, 3.8) is 0 Å². The van der Waals surface area contributed by atoms with E-state index in [9.17, 15) is 9.18 Å². The van der Waals surface area contributed by atoms with Crippen LogP contribution in [0.5, 0.6) is 5.75 Å². The third-order valence-corrected chi connectivity index (χ3v) is 3.42. The van der Waals surface area contributed by atoms with Gasteiger partial charge in [0, 0.05) is 24.4 Å². The minimum Gasteiger partial charge on any atom is -0.494 e. The molecule has 2 rings (SSSR count). The van der Waals surface area contributed by atoms with Crippen molar-refractivity contribution >= 4 is 5.91 Å². The molecule has 5 heteroatoms. The summed E-state index contributed by atoms with van der Waals surface area (Å²) in [6, 6.07) is 8.18. The Morgan fingerprint density at radius 3 is 2.82 bits per heavy atom. The molecule has 22 heavy (non-hydrogen) atoms. The summed E-state index contributed by atoms with van der Waals surface area (Å²) < 4.78 is 19.0. The lowest BCUT2D eigenvalue weighted by Crippen LogP contribution is -2.35. The van der Waals surface area contributed by atoms with Crippen LogP contribution < -0.4 is 10.1 Å². The van der Waals surface area contributed by atoms with E-state index >= 15 is 0 Å². The first-order valence-electron chi connectivity index (χ1n) is 7.06. The summed E-state index contributed by atoms with van der Waals surface area (Å²) >= 11 is 0. The fourth-order valence-corrected chi connectivity index (χ4v) is 2.22. The van der Waals surface area contributed by atoms with Crippen molar-refractivity contribution in [3.8, 4) is 5.75 Å². The smallest absolute Gasteiger partial charge is 0.254 e. The number of aryl methyl sites for hydroxylation is 1. The quantitative estimate of drug-likeness (QED) is 0.924. The Morgan fingerprint density at radius 1 is 1.36 bits per heavy atom. The van der Waals surface area contributed by atoms with Crippen molar-refractivity contribution in [2.45, 2.75) is 26.3 Å². The summed E-state index contributed by atoms with van der Waals surface area (Å²) in [5.41, 5.74) is 1.96. The molecule has 1 aromatic heterocycles. The van der Waals surface area contributed by atoms with Crippen molar-refractivity contribution in [3.05, 3.63) is 59.2 Å². The van der Waals surface area contributed by atoms with E-state index in [-0.39, 0.29) is 17.4 Å². The van der Waals surface area contributed by atoms with Gasteiger partial charge in [-0.3, -0.25) is 9.78 Å². The maximum absolute atomic E-state index is 14.1. The van der Waals surface area contributed by atoms with Gasteiger partial charge in [0.15, 0.2) is 11.6 Å². The van der Waals surface area contributed by atoms with Crippen molar-refractivity contribution in [2.75, 3.05) is 7.11 Å². The van der Waals surface area contributed by atoms with Gasteiger partial charge in [-0.25, -0.2) is 4.39 Å². The summed E-state index contributed by atoms with van der Waals surface area (Å²) in [5.74, 6) is -1.05. The number of methoxy groups -OCH3 is 1. The SMILES string of the molecule is COc1cccc(C(=O)NC(C)Cc2ncccc2C)c1F. The molecule has 1 N–H and O–H groups in total. The molecule has 0 spiro atoms. The summed E-state index contributed by atoms with van der Waals surface area (Å²) in [7, 11) is 1.37. The highest BCUT2D eigenvalue weighted by Crippen LogP contribution is 2.20. The van der Waals surface area contributed by atoms with Crippen LogP contribution in [0.4, 0.5) is 4.39 Å². The molecule has 4 nitrogen and oxygen atoms in total. The first kappa shape index (κ1) is 15.9. The second kappa shape index (κ2) is 7.02. The fourth-order valence-electron chi connectivity index (χ4n) is 2.22. The Labute approximate surface area is 129 Å². The van der Waals surface area contributed by atoms with Gasteiger partial charge in [0.2, 0.25) is 0 Å². The number of nitrogens with one attached hydrogen (secondary N) is 1. The van der Waals surface area contributed by atoms with Crippen LogP contribution in [-0.4, -0.2) is 24.0 Å². The third-order valence-electron chi connectivity index (χ3n) is 3.42. The van der Waals surface area contributed by atoms with Gasteiger partial charge in [-0.2, -0.15) is 0 Å². The Balaban J connectivity index is 2.07. The van der Waals surface area contributed by atoms with E-state index in [2.05, 4.69) is 10.3 Å². The van der Waals surface area contributed by atoms with Gasteiger partial charge in [-0.15, -0.1) is 0 Å². The Bertz CT molecular complexity index is 673. The number of pyridine rings is 1. The van der Waals surface area contributed by atoms with Crippen LogP contribution in [0.25, 0.3) is 0 Å². The van der Waals surface area contributed by atoms with Gasteiger partial charge in [0.25, 0.3) is 5.91 Å². The van der Waals surface area contributed by atoms with E-state index in [0.717, 1.165) is 11.3 Å². The highest BCUT2D eigenvalue weighted by molar-refractivity contribution is 5.95. The summed E-state index contributed by atoms with van der Waals surface area (Å²) in [5, 5.41) is 2.79. The number of hydrogen-bond acceptors (Lipinski definition) is 3. The zero-order chi connectivity index (χ0) is 16.1. The number of carbonyl (C=O) groups excluding carboxylic acids is 1. The van der Waals surface area contributed by atoms with E-state index in [4.69, 9.17) is 4.74 Å². The second-order valence-corrected chi connectivity index (χ2v) is 5.17. The largest absolute Gasteiger partial charge is 0.494 e. The maximum atomic E-state index is 14.1. The van der Waals surface area contributed by atoms with E-state index in [0.29, 0.717) is 6.42 Å². The fraction of sp³-hybridized carbons (Fsp3) is 0.294. The molecule has 1 amide bonds. The molecule has 0 saturated heterocycles. The van der Waals surface area contributed by atoms with Gasteiger partial charge in [0.05, 0.1) is 12.7 Å². The van der Waals surface area contributed by atoms with E-state index < -0.39 is 11.7 Å². The second-order valence-electron chi connectivity index (χ2n) is 5.17. The molecule has 0 saturated carbocycles. The number of rotatable bonds is 5. The zero-order valence-electron chi connectivity index (χ0n) is 12.9. The number of halogens is 1. The molecule has 1 aromatic carbocycles. The van der Waals surface area contributed by atoms with Crippen LogP contribution >= 0.6 is 0 Å². The van der Waals surface area contributed by atoms with Gasteiger partial charge < -0.3 is 10.1 Å². The number of ether oxygens (including phenoxy) is 1. The minimum atomic E-state index is -0.649. The first-order chi connectivity index (χ1) is 10.5. The van der Waals surface area contributed by atoms with Crippen LogP contribution in [0.15, 0.2) is 36.5 Å². The standard InChI is InChI=1S/C17H19FN2O2/c1-11-6-5-9-19-14(11)10-12(2)20-17(21)13-7-4-8-15(22-3)16(13)18/h4-9,12H,10H2,1-3H3,(H,20,21). The molecule has 0 aliphatic heterocycles. The number of nitrogens with zero attached hydrogens (tertiary/aromatic N) is 1. The highest BCUT2D eigenvalue weighted by Gasteiger charge is 2.17. The lowest BCUT2D eigenvalue weighted by atomic mass is 10.1. The molecule has 116 valence electrons. The van der Waals surface area contributed by atoms with Crippen LogP contribution in [0.1, 0.15) is 28.5 Å². The molecule has 0 radical (unpaired) electrons. The van der Waals surface area contributed by atoms with Crippen molar-refractivity contribution < 1.29 is 13.9 Å². The van der Waals surface area contributed by atoms with Crippen LogP contribution in [0.2, 0.25) is 0 Å². The van der Waals surface area contributed by atoms with Crippen molar-refractivity contribution in [2.24, 2.45) is 0 Å². The van der Waals surface area contributed by atoms with Crippen molar-refractivity contribution in [1.29, 1.82) is 0 Å². The molecule has 0 fully saturated rings. The van der Waals surface area contributed by atoms with Gasteiger partial charge >= 0.3 is 0 Å². The number of carbonyl (C=O) groups is 1. The average molecular weight is 302 g/mol. The van der Waals surface area contributed by atoms with Crippen molar-refractivity contribution in [1.82, 2.24) is 10.3 Å². The molecule has 0 bridgehead atoms. The molecule has 0 aliphatic carbocycles. The molecule has 2 aromatic rings. The number of benzene rings is 1. The van der Waals surface area contributed by atoms with E-state index in [1.54, 1.807) is 12.3 Å².